The number of amides is 1. The van der Waals surface area contributed by atoms with Crippen molar-refractivity contribution in [3.05, 3.63) is 24.3 Å². The Morgan fingerprint density at radius 1 is 1.21 bits per heavy atom. The summed E-state index contributed by atoms with van der Waals surface area (Å²) in [5, 5.41) is 6.29. The van der Waals surface area contributed by atoms with Crippen molar-refractivity contribution in [1.29, 1.82) is 0 Å². The molecule has 2 aliphatic rings. The van der Waals surface area contributed by atoms with Crippen molar-refractivity contribution in [3.63, 3.8) is 0 Å². The topological polar surface area (TPSA) is 87.3 Å². The van der Waals surface area contributed by atoms with Gasteiger partial charge in [-0.05, 0) is 68.5 Å². The lowest BCUT2D eigenvalue weighted by molar-refractivity contribution is -0.118. The first-order valence-electron chi connectivity index (χ1n) is 8.56. The number of piperidine rings is 1. The van der Waals surface area contributed by atoms with Crippen LogP contribution < -0.4 is 15.4 Å². The van der Waals surface area contributed by atoms with E-state index in [0.717, 1.165) is 32.4 Å². The first-order valence-corrected chi connectivity index (χ1v) is 10.2. The van der Waals surface area contributed by atoms with Crippen LogP contribution in [0.15, 0.2) is 24.3 Å². The molecule has 1 aliphatic carbocycles. The molecular weight excluding hydrogens is 326 g/mol. The van der Waals surface area contributed by atoms with E-state index in [4.69, 9.17) is 0 Å². The Morgan fingerprint density at radius 2 is 1.83 bits per heavy atom. The summed E-state index contributed by atoms with van der Waals surface area (Å²) in [6, 6.07) is 6.82. The van der Waals surface area contributed by atoms with E-state index in [2.05, 4.69) is 15.4 Å². The highest BCUT2D eigenvalue weighted by atomic mass is 32.2. The molecular formula is C17H25N3O3S. The monoisotopic (exact) mass is 351 g/mol. The normalized spacial score (nSPS) is 22.1. The molecule has 1 aliphatic heterocycles. The van der Waals surface area contributed by atoms with E-state index in [1.807, 2.05) is 6.92 Å². The van der Waals surface area contributed by atoms with Gasteiger partial charge in [-0.3, -0.25) is 9.52 Å². The molecule has 1 amide bonds. The zero-order valence-corrected chi connectivity index (χ0v) is 14.8. The van der Waals surface area contributed by atoms with Gasteiger partial charge in [-0.25, -0.2) is 8.42 Å². The average molecular weight is 351 g/mol. The molecule has 132 valence electrons. The molecule has 1 atom stereocenters. The fourth-order valence-corrected chi connectivity index (χ4v) is 4.68. The van der Waals surface area contributed by atoms with Gasteiger partial charge in [-0.1, -0.05) is 6.92 Å². The number of hydrogen-bond acceptors (Lipinski definition) is 4. The molecule has 1 aromatic carbocycles. The van der Waals surface area contributed by atoms with Crippen molar-refractivity contribution in [3.8, 4) is 0 Å². The van der Waals surface area contributed by atoms with Crippen LogP contribution in [0.3, 0.4) is 0 Å². The van der Waals surface area contributed by atoms with Crippen molar-refractivity contribution in [2.45, 2.75) is 32.6 Å². The zero-order chi connectivity index (χ0) is 17.2. The van der Waals surface area contributed by atoms with Gasteiger partial charge >= 0.3 is 0 Å². The Bertz CT molecular complexity index is 694. The van der Waals surface area contributed by atoms with E-state index in [9.17, 15) is 13.2 Å². The van der Waals surface area contributed by atoms with Crippen molar-refractivity contribution in [2.24, 2.45) is 11.3 Å². The van der Waals surface area contributed by atoms with Crippen LogP contribution in [0.2, 0.25) is 0 Å². The van der Waals surface area contributed by atoms with Crippen molar-refractivity contribution < 1.29 is 13.2 Å². The summed E-state index contributed by atoms with van der Waals surface area (Å²) in [5.74, 6) is 0.294. The van der Waals surface area contributed by atoms with Gasteiger partial charge < -0.3 is 10.6 Å². The summed E-state index contributed by atoms with van der Waals surface area (Å²) in [4.78, 5) is 12.4. The summed E-state index contributed by atoms with van der Waals surface area (Å²) in [5.41, 5.74) is 1.43. The van der Waals surface area contributed by atoms with Crippen LogP contribution in [0.25, 0.3) is 0 Å². The summed E-state index contributed by atoms with van der Waals surface area (Å²) in [6.45, 7) is 3.82. The molecule has 1 saturated heterocycles. The zero-order valence-electron chi connectivity index (χ0n) is 14.0. The molecule has 0 aromatic heterocycles. The molecule has 24 heavy (non-hydrogen) atoms. The van der Waals surface area contributed by atoms with E-state index in [-0.39, 0.29) is 23.0 Å². The average Bonchev–Trinajstić information content (AvgIpc) is 3.23. The SMILES string of the molecule is CCCS(=O)(=O)Nc1ccc(NC(=O)C2CC23CCNCC3)cc1. The van der Waals surface area contributed by atoms with Gasteiger partial charge in [-0.15, -0.1) is 0 Å². The fraction of sp³-hybridized carbons (Fsp3) is 0.588. The number of rotatable bonds is 6. The first kappa shape index (κ1) is 17.2. The van der Waals surface area contributed by atoms with E-state index in [0.29, 0.717) is 17.8 Å². The molecule has 2 fully saturated rings. The van der Waals surface area contributed by atoms with E-state index in [1.54, 1.807) is 24.3 Å². The molecule has 1 spiro atoms. The highest BCUT2D eigenvalue weighted by Crippen LogP contribution is 2.58. The number of sulfonamides is 1. The summed E-state index contributed by atoms with van der Waals surface area (Å²) in [6.07, 6.45) is 3.70. The number of anilines is 2. The molecule has 0 bridgehead atoms. The minimum Gasteiger partial charge on any atom is -0.326 e. The summed E-state index contributed by atoms with van der Waals surface area (Å²) >= 11 is 0. The minimum atomic E-state index is -3.29. The largest absolute Gasteiger partial charge is 0.326 e. The van der Waals surface area contributed by atoms with Crippen molar-refractivity contribution >= 4 is 27.3 Å². The second-order valence-corrected chi connectivity index (χ2v) is 8.70. The second kappa shape index (κ2) is 6.72. The van der Waals surface area contributed by atoms with Crippen LogP contribution in [0.4, 0.5) is 11.4 Å². The van der Waals surface area contributed by atoms with E-state index in [1.165, 1.54) is 0 Å². The molecule has 1 aromatic rings. The molecule has 0 radical (unpaired) electrons. The van der Waals surface area contributed by atoms with Crippen LogP contribution in [0, 0.1) is 11.3 Å². The Hall–Kier alpha value is -1.60. The maximum atomic E-state index is 12.4. The third-order valence-corrected chi connectivity index (χ3v) is 6.50. The molecule has 7 heteroatoms. The van der Waals surface area contributed by atoms with Crippen LogP contribution in [-0.2, 0) is 14.8 Å². The number of benzene rings is 1. The lowest BCUT2D eigenvalue weighted by atomic mass is 9.92. The molecule has 1 heterocycles. The number of hydrogen-bond donors (Lipinski definition) is 3. The Morgan fingerprint density at radius 3 is 2.46 bits per heavy atom. The first-order chi connectivity index (χ1) is 11.4. The standard InChI is InChI=1S/C17H25N3O3S/c1-2-11-24(22,23)20-14-5-3-13(4-6-14)19-16(21)15-12-17(15)7-9-18-10-8-17/h3-6,15,18,20H,2,7-12H2,1H3,(H,19,21). The third-order valence-electron chi connectivity index (χ3n) is 5.00. The number of carbonyl (C=O) groups excluding carboxylic acids is 1. The summed E-state index contributed by atoms with van der Waals surface area (Å²) in [7, 11) is -3.29. The molecule has 1 unspecified atom stereocenters. The molecule has 3 rings (SSSR count). The third kappa shape index (κ3) is 3.89. The maximum absolute atomic E-state index is 12.4. The van der Waals surface area contributed by atoms with E-state index >= 15 is 0 Å². The van der Waals surface area contributed by atoms with Gasteiger partial charge in [0, 0.05) is 17.3 Å². The van der Waals surface area contributed by atoms with Gasteiger partial charge in [0.05, 0.1) is 5.75 Å². The fourth-order valence-electron chi connectivity index (χ4n) is 3.55. The Balaban J connectivity index is 1.56. The quantitative estimate of drug-likeness (QED) is 0.733. The van der Waals surface area contributed by atoms with Gasteiger partial charge in [0.25, 0.3) is 0 Å². The van der Waals surface area contributed by atoms with Crippen LogP contribution >= 0.6 is 0 Å². The van der Waals surface area contributed by atoms with Gasteiger partial charge in [-0.2, -0.15) is 0 Å². The minimum absolute atomic E-state index is 0.0798. The van der Waals surface area contributed by atoms with E-state index < -0.39 is 10.0 Å². The predicted octanol–water partition coefficient (Wildman–Crippen LogP) is 2.17. The molecule has 6 nitrogen and oxygen atoms in total. The molecule has 3 N–H and O–H groups in total. The van der Waals surface area contributed by atoms with Gasteiger partial charge in [0.2, 0.25) is 15.9 Å². The van der Waals surface area contributed by atoms with Crippen molar-refractivity contribution in [1.82, 2.24) is 5.32 Å². The van der Waals surface area contributed by atoms with Crippen LogP contribution in [-0.4, -0.2) is 33.2 Å². The number of carbonyl (C=O) groups is 1. The summed E-state index contributed by atoms with van der Waals surface area (Å²) < 4.78 is 26.0. The molecule has 1 saturated carbocycles. The lowest BCUT2D eigenvalue weighted by Gasteiger charge is -2.23. The van der Waals surface area contributed by atoms with Crippen molar-refractivity contribution in [2.75, 3.05) is 28.9 Å². The van der Waals surface area contributed by atoms with Crippen LogP contribution in [0.1, 0.15) is 32.6 Å². The van der Waals surface area contributed by atoms with Gasteiger partial charge in [0.15, 0.2) is 0 Å². The highest BCUT2D eigenvalue weighted by Gasteiger charge is 2.57. The maximum Gasteiger partial charge on any atom is 0.232 e. The smallest absolute Gasteiger partial charge is 0.232 e. The lowest BCUT2D eigenvalue weighted by Crippen LogP contribution is -2.31. The number of nitrogens with one attached hydrogen (secondary N) is 3. The van der Waals surface area contributed by atoms with Crippen LogP contribution in [0.5, 0.6) is 0 Å². The Labute approximate surface area is 143 Å². The van der Waals surface area contributed by atoms with Gasteiger partial charge in [0.1, 0.15) is 0 Å². The predicted molar refractivity (Wildman–Crippen MR) is 95.4 cm³/mol. The Kier molecular flexibility index (Phi) is 4.83. The second-order valence-electron chi connectivity index (χ2n) is 6.86. The highest BCUT2D eigenvalue weighted by molar-refractivity contribution is 7.92.